The summed E-state index contributed by atoms with van der Waals surface area (Å²) in [5.74, 6) is 0. The van der Waals surface area contributed by atoms with E-state index in [9.17, 15) is 0 Å². The SMILES string of the molecule is CCc1c(Br)cc(C(C)(C)C)cc1-c1ccc2ccc3ccc(-c4cc(C(C)(C)C)cc(Br)c4CC)nc3c2n1. The first-order valence-electron chi connectivity index (χ1n) is 14.2. The number of rotatable bonds is 4. The Hall–Kier alpha value is -2.56. The summed E-state index contributed by atoms with van der Waals surface area (Å²) in [4.78, 5) is 10.6. The molecular weight excluding hydrogens is 620 g/mol. The summed E-state index contributed by atoms with van der Waals surface area (Å²) in [6, 6.07) is 22.2. The first-order chi connectivity index (χ1) is 18.8. The zero-order valence-corrected chi connectivity index (χ0v) is 28.0. The van der Waals surface area contributed by atoms with Gasteiger partial charge >= 0.3 is 0 Å². The average Bonchev–Trinajstić information content (AvgIpc) is 2.90. The van der Waals surface area contributed by atoms with Crippen molar-refractivity contribution in [2.75, 3.05) is 0 Å². The van der Waals surface area contributed by atoms with Crippen molar-refractivity contribution in [3.63, 3.8) is 0 Å². The highest BCUT2D eigenvalue weighted by molar-refractivity contribution is 9.10. The topological polar surface area (TPSA) is 25.8 Å². The number of hydrogen-bond acceptors (Lipinski definition) is 2. The van der Waals surface area contributed by atoms with E-state index in [1.54, 1.807) is 0 Å². The fraction of sp³-hybridized carbons (Fsp3) is 0.333. The van der Waals surface area contributed by atoms with Crippen LogP contribution >= 0.6 is 31.9 Å². The summed E-state index contributed by atoms with van der Waals surface area (Å²) in [6.07, 6.45) is 1.85. The summed E-state index contributed by atoms with van der Waals surface area (Å²) in [6.45, 7) is 18.0. The third-order valence-electron chi connectivity index (χ3n) is 7.90. The fourth-order valence-electron chi connectivity index (χ4n) is 5.38. The number of pyridine rings is 2. The molecule has 0 aliphatic carbocycles. The Kier molecular flexibility index (Phi) is 7.74. The Morgan fingerprint density at radius 3 is 1.23 bits per heavy atom. The van der Waals surface area contributed by atoms with Gasteiger partial charge in [0.25, 0.3) is 0 Å². The molecule has 2 nitrogen and oxygen atoms in total. The zero-order valence-electron chi connectivity index (χ0n) is 24.8. The number of nitrogens with zero attached hydrogens (tertiary/aromatic N) is 2. The first-order valence-corrected chi connectivity index (χ1v) is 15.8. The molecule has 0 saturated heterocycles. The van der Waals surface area contributed by atoms with Crippen LogP contribution in [-0.4, -0.2) is 9.97 Å². The van der Waals surface area contributed by atoms with Gasteiger partial charge in [-0.2, -0.15) is 0 Å². The normalized spacial score (nSPS) is 12.4. The smallest absolute Gasteiger partial charge is 0.0972 e. The van der Waals surface area contributed by atoms with Crippen molar-refractivity contribution in [2.45, 2.75) is 79.1 Å². The molecule has 0 bridgehead atoms. The van der Waals surface area contributed by atoms with E-state index in [0.29, 0.717) is 0 Å². The van der Waals surface area contributed by atoms with Crippen LogP contribution in [0.4, 0.5) is 0 Å². The number of benzene rings is 3. The van der Waals surface area contributed by atoms with E-state index in [-0.39, 0.29) is 10.8 Å². The molecule has 0 spiro atoms. The van der Waals surface area contributed by atoms with Gasteiger partial charge in [0.05, 0.1) is 22.4 Å². The van der Waals surface area contributed by atoms with Gasteiger partial charge in [0.15, 0.2) is 0 Å². The maximum absolute atomic E-state index is 5.31. The van der Waals surface area contributed by atoms with E-state index < -0.39 is 0 Å². The van der Waals surface area contributed by atoms with Crippen molar-refractivity contribution < 1.29 is 0 Å². The second kappa shape index (κ2) is 10.7. The molecule has 0 saturated carbocycles. The number of halogens is 2. The molecule has 4 heteroatoms. The van der Waals surface area contributed by atoms with Crippen molar-refractivity contribution in [1.82, 2.24) is 9.97 Å². The largest absolute Gasteiger partial charge is 0.245 e. The summed E-state index contributed by atoms with van der Waals surface area (Å²) >= 11 is 7.74. The Morgan fingerprint density at radius 2 is 0.900 bits per heavy atom. The predicted octanol–water partition coefficient (Wildman–Crippen LogP) is 11.4. The van der Waals surface area contributed by atoms with Crippen molar-refractivity contribution in [3.8, 4) is 22.5 Å². The van der Waals surface area contributed by atoms with E-state index in [2.05, 4.69) is 148 Å². The van der Waals surface area contributed by atoms with Crippen LogP contribution in [0.2, 0.25) is 0 Å². The van der Waals surface area contributed by atoms with Crippen molar-refractivity contribution in [3.05, 3.63) is 91.9 Å². The molecule has 2 heterocycles. The molecule has 0 fully saturated rings. The number of aromatic nitrogens is 2. The Labute approximate surface area is 255 Å². The van der Waals surface area contributed by atoms with Gasteiger partial charge in [0.1, 0.15) is 0 Å². The molecule has 3 aromatic carbocycles. The molecule has 0 amide bonds. The maximum Gasteiger partial charge on any atom is 0.0972 e. The molecule has 0 aliphatic rings. The molecule has 206 valence electrons. The monoisotopic (exact) mass is 656 g/mol. The summed E-state index contributed by atoms with van der Waals surface area (Å²) < 4.78 is 2.29. The van der Waals surface area contributed by atoms with Gasteiger partial charge in [-0.05, 0) is 82.3 Å². The molecule has 0 atom stereocenters. The van der Waals surface area contributed by atoms with Crippen LogP contribution in [-0.2, 0) is 23.7 Å². The van der Waals surface area contributed by atoms with Gasteiger partial charge in [-0.1, -0.05) is 112 Å². The highest BCUT2D eigenvalue weighted by Gasteiger charge is 2.21. The molecule has 5 rings (SSSR count). The number of fused-ring (bicyclic) bond motifs is 3. The highest BCUT2D eigenvalue weighted by atomic mass is 79.9. The lowest BCUT2D eigenvalue weighted by Crippen LogP contribution is -2.12. The third-order valence-corrected chi connectivity index (χ3v) is 9.32. The van der Waals surface area contributed by atoms with Gasteiger partial charge < -0.3 is 0 Å². The number of hydrogen-bond donors (Lipinski definition) is 0. The standard InChI is InChI=1S/C36H38Br2N2/c1-9-25-27(17-23(19-29(25)37)35(3,4)5)31-15-13-21-11-12-22-14-16-32(40-34(22)33(21)39-31)28-18-24(36(6,7)8)20-30(38)26(28)10-2/h11-20H,9-10H2,1-8H3. The molecule has 2 aromatic heterocycles. The second-order valence-electron chi connectivity index (χ2n) is 12.8. The third kappa shape index (κ3) is 5.37. The second-order valence-corrected chi connectivity index (χ2v) is 14.5. The molecule has 0 N–H and O–H groups in total. The quantitative estimate of drug-likeness (QED) is 0.180. The van der Waals surface area contributed by atoms with Gasteiger partial charge in [-0.3, -0.25) is 0 Å². The van der Waals surface area contributed by atoms with Gasteiger partial charge in [-0.15, -0.1) is 0 Å². The minimum Gasteiger partial charge on any atom is -0.245 e. The van der Waals surface area contributed by atoms with Gasteiger partial charge in [0.2, 0.25) is 0 Å². The summed E-state index contributed by atoms with van der Waals surface area (Å²) in [5, 5.41) is 2.20. The van der Waals surface area contributed by atoms with Crippen LogP contribution in [0.1, 0.15) is 77.6 Å². The first kappa shape index (κ1) is 29.0. The van der Waals surface area contributed by atoms with Crippen molar-refractivity contribution in [2.24, 2.45) is 0 Å². The van der Waals surface area contributed by atoms with Crippen LogP contribution < -0.4 is 0 Å². The Balaban J connectivity index is 1.77. The summed E-state index contributed by atoms with van der Waals surface area (Å²) in [5.41, 5.74) is 11.5. The van der Waals surface area contributed by atoms with Crippen molar-refractivity contribution >= 4 is 53.7 Å². The molecular formula is C36H38Br2N2. The Bertz CT molecular complexity index is 1620. The molecule has 0 radical (unpaired) electrons. The predicted molar refractivity (Wildman–Crippen MR) is 179 cm³/mol. The lowest BCUT2D eigenvalue weighted by Gasteiger charge is -2.23. The molecule has 40 heavy (non-hydrogen) atoms. The minimum absolute atomic E-state index is 0.0381. The van der Waals surface area contributed by atoms with Crippen LogP contribution in [0.3, 0.4) is 0 Å². The Morgan fingerprint density at radius 1 is 0.550 bits per heavy atom. The van der Waals surface area contributed by atoms with E-state index >= 15 is 0 Å². The lowest BCUT2D eigenvalue weighted by atomic mass is 9.84. The van der Waals surface area contributed by atoms with Crippen LogP contribution in [0.15, 0.2) is 69.6 Å². The van der Waals surface area contributed by atoms with Crippen LogP contribution in [0.25, 0.3) is 44.3 Å². The molecule has 0 aliphatic heterocycles. The van der Waals surface area contributed by atoms with E-state index in [4.69, 9.17) is 9.97 Å². The van der Waals surface area contributed by atoms with Gasteiger partial charge in [0, 0.05) is 30.8 Å². The highest BCUT2D eigenvalue weighted by Crippen LogP contribution is 2.38. The fourth-order valence-corrected chi connectivity index (χ4v) is 6.86. The molecule has 5 aromatic rings. The average molecular weight is 659 g/mol. The van der Waals surface area contributed by atoms with E-state index in [0.717, 1.165) is 55.0 Å². The summed E-state index contributed by atoms with van der Waals surface area (Å²) in [7, 11) is 0. The van der Waals surface area contributed by atoms with E-state index in [1.165, 1.54) is 33.4 Å². The lowest BCUT2D eigenvalue weighted by molar-refractivity contribution is 0.589. The van der Waals surface area contributed by atoms with Crippen molar-refractivity contribution in [1.29, 1.82) is 0 Å². The zero-order chi connectivity index (χ0) is 29.0. The van der Waals surface area contributed by atoms with Crippen LogP contribution in [0, 0.1) is 0 Å². The maximum atomic E-state index is 5.31. The van der Waals surface area contributed by atoms with Crippen LogP contribution in [0.5, 0.6) is 0 Å². The van der Waals surface area contributed by atoms with E-state index in [1.807, 2.05) is 0 Å². The van der Waals surface area contributed by atoms with Gasteiger partial charge in [-0.25, -0.2) is 9.97 Å². The molecule has 0 unspecified atom stereocenters. The minimum atomic E-state index is 0.0381.